The molecule has 4 rings (SSSR count). The number of furan rings is 1. The third kappa shape index (κ3) is 5.91. The second-order valence-electron chi connectivity index (χ2n) is 7.40. The Balaban J connectivity index is 0.00000181. The molecule has 0 spiro atoms. The first-order valence-electron chi connectivity index (χ1n) is 9.86. The van der Waals surface area contributed by atoms with Gasteiger partial charge in [-0.3, -0.25) is 14.5 Å². The SMILES string of the molecule is Cc1c(CN(C)/C(=C/C=O)c2cnc3c(c2)CCC(=O)N3CP)oc2ccccc12.[KH].[KH]. The topological polar surface area (TPSA) is 66.7 Å². The Labute approximate surface area is 275 Å². The van der Waals surface area contributed by atoms with Gasteiger partial charge in [0, 0.05) is 54.2 Å². The maximum atomic E-state index is 12.1. The van der Waals surface area contributed by atoms with Crippen LogP contribution in [0.3, 0.4) is 0 Å². The quantitative estimate of drug-likeness (QED) is 0.225. The van der Waals surface area contributed by atoms with E-state index in [-0.39, 0.29) is 109 Å². The van der Waals surface area contributed by atoms with Crippen molar-refractivity contribution in [2.24, 2.45) is 0 Å². The molecule has 9 heteroatoms. The number of fused-ring (bicyclic) bond motifs is 2. The molecule has 1 amide bonds. The van der Waals surface area contributed by atoms with Gasteiger partial charge >= 0.3 is 103 Å². The van der Waals surface area contributed by atoms with Gasteiger partial charge in [0.15, 0.2) is 0 Å². The van der Waals surface area contributed by atoms with E-state index in [0.717, 1.165) is 45.4 Å². The molecule has 1 atom stereocenters. The molecule has 0 saturated carbocycles. The predicted molar refractivity (Wildman–Crippen MR) is 135 cm³/mol. The molecule has 1 aliphatic rings. The number of aryl methyl sites for hydroxylation is 2. The van der Waals surface area contributed by atoms with Gasteiger partial charge in [-0.05, 0) is 31.0 Å². The van der Waals surface area contributed by atoms with Crippen molar-refractivity contribution < 1.29 is 14.0 Å². The van der Waals surface area contributed by atoms with E-state index in [1.54, 1.807) is 17.2 Å². The summed E-state index contributed by atoms with van der Waals surface area (Å²) < 4.78 is 6.05. The van der Waals surface area contributed by atoms with Crippen molar-refractivity contribution in [1.29, 1.82) is 0 Å². The number of allylic oxidation sites excluding steroid dienone is 1. The Morgan fingerprint density at radius 1 is 1.28 bits per heavy atom. The van der Waals surface area contributed by atoms with Crippen LogP contribution in [0.5, 0.6) is 0 Å². The Bertz CT molecular complexity index is 1160. The normalized spacial score (nSPS) is 13.3. The van der Waals surface area contributed by atoms with E-state index in [0.29, 0.717) is 31.5 Å². The van der Waals surface area contributed by atoms with Gasteiger partial charge in [-0.1, -0.05) is 18.2 Å². The van der Waals surface area contributed by atoms with Crippen molar-refractivity contribution in [2.75, 3.05) is 18.2 Å². The molecule has 0 saturated heterocycles. The van der Waals surface area contributed by atoms with E-state index >= 15 is 0 Å². The molecule has 1 aliphatic heterocycles. The molecule has 32 heavy (non-hydrogen) atoms. The Kier molecular flexibility index (Phi) is 11.4. The van der Waals surface area contributed by atoms with Crippen molar-refractivity contribution in [1.82, 2.24) is 9.88 Å². The second kappa shape index (κ2) is 12.8. The van der Waals surface area contributed by atoms with Crippen LogP contribution in [0.1, 0.15) is 28.9 Å². The summed E-state index contributed by atoms with van der Waals surface area (Å²) in [5.41, 5.74) is 4.57. The molecule has 3 aromatic rings. The van der Waals surface area contributed by atoms with Crippen LogP contribution >= 0.6 is 9.24 Å². The summed E-state index contributed by atoms with van der Waals surface area (Å²) in [5.74, 6) is 1.64. The Morgan fingerprint density at radius 3 is 2.72 bits per heavy atom. The number of pyridine rings is 1. The predicted octanol–water partition coefficient (Wildman–Crippen LogP) is 2.62. The first-order valence-corrected chi connectivity index (χ1v) is 10.7. The number of aldehydes is 1. The summed E-state index contributed by atoms with van der Waals surface area (Å²) >= 11 is 0. The van der Waals surface area contributed by atoms with Crippen molar-refractivity contribution in [3.8, 4) is 0 Å². The van der Waals surface area contributed by atoms with Gasteiger partial charge in [-0.15, -0.1) is 9.24 Å². The summed E-state index contributed by atoms with van der Waals surface area (Å²) in [6.45, 7) is 2.57. The maximum absolute atomic E-state index is 12.1. The molecule has 0 bridgehead atoms. The zero-order chi connectivity index (χ0) is 21.3. The minimum absolute atomic E-state index is 0. The van der Waals surface area contributed by atoms with Gasteiger partial charge in [0.2, 0.25) is 5.91 Å². The van der Waals surface area contributed by atoms with Gasteiger partial charge in [0.05, 0.1) is 6.54 Å². The van der Waals surface area contributed by atoms with Crippen LogP contribution in [-0.4, -0.2) is 138 Å². The van der Waals surface area contributed by atoms with E-state index in [2.05, 4.69) is 14.2 Å². The number of carbonyl (C=O) groups excluding carboxylic acids is 2. The molecular weight excluding hydrogens is 475 g/mol. The minimum atomic E-state index is 0. The molecule has 1 aromatic carbocycles. The number of benzene rings is 1. The van der Waals surface area contributed by atoms with Crippen LogP contribution in [-0.2, 0) is 22.6 Å². The Morgan fingerprint density at radius 2 is 2.03 bits per heavy atom. The molecule has 0 N–H and O–H groups in total. The number of para-hydroxylation sites is 1. The first-order chi connectivity index (χ1) is 14.5. The monoisotopic (exact) mass is 501 g/mol. The first kappa shape index (κ1) is 28.5. The number of hydrogen-bond donors (Lipinski definition) is 0. The zero-order valence-corrected chi connectivity index (χ0v) is 18.2. The van der Waals surface area contributed by atoms with E-state index in [1.165, 1.54) is 0 Å². The standard InChI is InChI=1S/C23H24N3O3P.2K.2H/c1-15-18-5-3-4-6-20(18)29-21(15)13-25(2)19(9-10-27)17-11-16-7-8-22(28)26(14-30)23(16)24-12-17;;;;/h3-6,9-12H,7-8,13-14,30H2,1-2H3;;;;/b19-9+;;;;. The number of carbonyl (C=O) groups is 2. The molecule has 158 valence electrons. The number of anilines is 1. The second-order valence-corrected chi connectivity index (χ2v) is 7.77. The van der Waals surface area contributed by atoms with Gasteiger partial charge < -0.3 is 9.32 Å². The molecule has 6 nitrogen and oxygen atoms in total. The average Bonchev–Trinajstić information content (AvgIpc) is 3.07. The number of rotatable bonds is 6. The van der Waals surface area contributed by atoms with Crippen molar-refractivity contribution in [3.63, 3.8) is 0 Å². The van der Waals surface area contributed by atoms with E-state index in [9.17, 15) is 9.59 Å². The average molecular weight is 502 g/mol. The van der Waals surface area contributed by atoms with Crippen LogP contribution in [0, 0.1) is 6.92 Å². The molecular formula is C23H26K2N3O3P. The molecule has 0 fully saturated rings. The number of hydrogen-bond acceptors (Lipinski definition) is 5. The summed E-state index contributed by atoms with van der Waals surface area (Å²) in [4.78, 5) is 31.7. The van der Waals surface area contributed by atoms with Gasteiger partial charge in [0.1, 0.15) is 23.4 Å². The molecule has 0 aliphatic carbocycles. The Hall–Kier alpha value is 0.293. The van der Waals surface area contributed by atoms with Crippen LogP contribution in [0.4, 0.5) is 5.82 Å². The summed E-state index contributed by atoms with van der Waals surface area (Å²) in [6, 6.07) is 9.99. The van der Waals surface area contributed by atoms with Crippen molar-refractivity contribution >= 4 is 147 Å². The van der Waals surface area contributed by atoms with E-state index < -0.39 is 0 Å². The fraction of sp³-hybridized carbons (Fsp3) is 0.261. The van der Waals surface area contributed by atoms with Crippen molar-refractivity contribution in [3.05, 3.63) is 65.1 Å². The van der Waals surface area contributed by atoms with Gasteiger partial charge in [0.25, 0.3) is 0 Å². The zero-order valence-electron chi connectivity index (χ0n) is 17.1. The summed E-state index contributed by atoms with van der Waals surface area (Å²) in [7, 11) is 4.51. The van der Waals surface area contributed by atoms with Crippen LogP contribution in [0.15, 0.2) is 47.0 Å². The van der Waals surface area contributed by atoms with E-state index in [1.807, 2.05) is 49.2 Å². The fourth-order valence-electron chi connectivity index (χ4n) is 3.94. The molecule has 1 unspecified atom stereocenters. The van der Waals surface area contributed by atoms with Crippen LogP contribution < -0.4 is 4.90 Å². The number of aromatic nitrogens is 1. The van der Waals surface area contributed by atoms with Gasteiger partial charge in [-0.25, -0.2) is 4.98 Å². The molecule has 2 aromatic heterocycles. The molecule has 0 radical (unpaired) electrons. The fourth-order valence-corrected chi connectivity index (χ4v) is 4.31. The third-order valence-electron chi connectivity index (χ3n) is 5.55. The van der Waals surface area contributed by atoms with Crippen LogP contribution in [0.2, 0.25) is 0 Å². The number of amides is 1. The van der Waals surface area contributed by atoms with E-state index in [4.69, 9.17) is 4.42 Å². The number of nitrogens with zero attached hydrogens (tertiary/aromatic N) is 3. The summed E-state index contributed by atoms with van der Waals surface area (Å²) in [5, 5.41) is 1.10. The summed E-state index contributed by atoms with van der Waals surface area (Å²) in [6.07, 6.45) is 5.69. The van der Waals surface area contributed by atoms with Crippen LogP contribution in [0.25, 0.3) is 16.7 Å². The van der Waals surface area contributed by atoms with Crippen molar-refractivity contribution in [2.45, 2.75) is 26.3 Å². The third-order valence-corrected chi connectivity index (χ3v) is 5.91. The van der Waals surface area contributed by atoms with Gasteiger partial charge in [-0.2, -0.15) is 0 Å². The molecule has 3 heterocycles.